The highest BCUT2D eigenvalue weighted by Gasteiger charge is 2.22. The predicted molar refractivity (Wildman–Crippen MR) is 81.1 cm³/mol. The van der Waals surface area contributed by atoms with Crippen LogP contribution in [0.1, 0.15) is 44.0 Å². The second kappa shape index (κ2) is 5.43. The highest BCUT2D eigenvalue weighted by atomic mass is 35.5. The first-order valence-corrected chi connectivity index (χ1v) is 8.27. The standard InChI is InChI=1S/C14H20ClN3S/c1-9-5-3-4-6-11(9)16-7-12-13(15)17-14-18(12)10(2)8-19-14/h8-9,11,16H,3-7H2,1-2H3. The lowest BCUT2D eigenvalue weighted by Gasteiger charge is -2.29. The zero-order chi connectivity index (χ0) is 13.4. The molecule has 19 heavy (non-hydrogen) atoms. The quantitative estimate of drug-likeness (QED) is 0.927. The molecule has 2 heterocycles. The maximum absolute atomic E-state index is 6.27. The number of aryl methyl sites for hydroxylation is 1. The van der Waals surface area contributed by atoms with Gasteiger partial charge in [0.1, 0.15) is 0 Å². The third kappa shape index (κ3) is 2.54. The van der Waals surface area contributed by atoms with E-state index in [1.807, 2.05) is 0 Å². The second-order valence-electron chi connectivity index (χ2n) is 5.59. The Morgan fingerprint density at radius 1 is 1.47 bits per heavy atom. The molecule has 0 radical (unpaired) electrons. The van der Waals surface area contributed by atoms with Gasteiger partial charge >= 0.3 is 0 Å². The maximum atomic E-state index is 6.27. The maximum Gasteiger partial charge on any atom is 0.195 e. The van der Waals surface area contributed by atoms with Gasteiger partial charge < -0.3 is 5.32 Å². The number of rotatable bonds is 3. The Hall–Kier alpha value is -0.580. The molecule has 3 nitrogen and oxygen atoms in total. The van der Waals surface area contributed by atoms with Gasteiger partial charge in [0.05, 0.1) is 5.69 Å². The van der Waals surface area contributed by atoms with Crippen molar-refractivity contribution in [3.05, 3.63) is 21.9 Å². The Morgan fingerprint density at radius 2 is 2.26 bits per heavy atom. The van der Waals surface area contributed by atoms with Crippen molar-refractivity contribution in [2.24, 2.45) is 5.92 Å². The van der Waals surface area contributed by atoms with E-state index in [1.54, 1.807) is 11.3 Å². The number of imidazole rings is 1. The van der Waals surface area contributed by atoms with Gasteiger partial charge in [0, 0.05) is 23.7 Å². The van der Waals surface area contributed by atoms with Crippen LogP contribution in [0.25, 0.3) is 4.96 Å². The van der Waals surface area contributed by atoms with Gasteiger partial charge in [-0.25, -0.2) is 4.98 Å². The van der Waals surface area contributed by atoms with Crippen molar-refractivity contribution in [1.29, 1.82) is 0 Å². The van der Waals surface area contributed by atoms with E-state index in [4.69, 9.17) is 11.6 Å². The van der Waals surface area contributed by atoms with Crippen molar-refractivity contribution >= 4 is 27.9 Å². The molecule has 1 saturated carbocycles. The first-order valence-electron chi connectivity index (χ1n) is 7.01. The van der Waals surface area contributed by atoms with Gasteiger partial charge in [0.15, 0.2) is 10.1 Å². The van der Waals surface area contributed by atoms with Crippen LogP contribution in [0.2, 0.25) is 5.15 Å². The molecule has 1 fully saturated rings. The van der Waals surface area contributed by atoms with E-state index in [-0.39, 0.29) is 0 Å². The van der Waals surface area contributed by atoms with E-state index in [9.17, 15) is 0 Å². The summed E-state index contributed by atoms with van der Waals surface area (Å²) in [6.45, 7) is 5.26. The van der Waals surface area contributed by atoms with Gasteiger partial charge in [-0.05, 0) is 25.7 Å². The Bertz CT molecular complexity index is 575. The molecular formula is C14H20ClN3S. The van der Waals surface area contributed by atoms with Crippen LogP contribution in [0, 0.1) is 12.8 Å². The highest BCUT2D eigenvalue weighted by molar-refractivity contribution is 7.15. The number of aromatic nitrogens is 2. The summed E-state index contributed by atoms with van der Waals surface area (Å²) in [5.74, 6) is 0.763. The molecule has 2 aromatic rings. The van der Waals surface area contributed by atoms with Gasteiger partial charge in [0.25, 0.3) is 0 Å². The number of hydrogen-bond acceptors (Lipinski definition) is 3. The summed E-state index contributed by atoms with van der Waals surface area (Å²) in [5, 5.41) is 6.46. The fraction of sp³-hybridized carbons (Fsp3) is 0.643. The zero-order valence-electron chi connectivity index (χ0n) is 11.4. The van der Waals surface area contributed by atoms with E-state index < -0.39 is 0 Å². The molecule has 0 aliphatic heterocycles. The average Bonchev–Trinajstić information content (AvgIpc) is 2.89. The van der Waals surface area contributed by atoms with Crippen LogP contribution in [-0.2, 0) is 6.54 Å². The molecule has 1 aliphatic carbocycles. The topological polar surface area (TPSA) is 29.3 Å². The number of nitrogens with zero attached hydrogens (tertiary/aromatic N) is 2. The molecule has 104 valence electrons. The monoisotopic (exact) mass is 297 g/mol. The number of hydrogen-bond donors (Lipinski definition) is 1. The summed E-state index contributed by atoms with van der Waals surface area (Å²) in [7, 11) is 0. The highest BCUT2D eigenvalue weighted by Crippen LogP contribution is 2.26. The third-order valence-corrected chi connectivity index (χ3v) is 5.47. The lowest BCUT2D eigenvalue weighted by atomic mass is 9.86. The number of fused-ring (bicyclic) bond motifs is 1. The normalized spacial score (nSPS) is 24.2. The number of nitrogens with one attached hydrogen (secondary N) is 1. The molecule has 0 saturated heterocycles. The van der Waals surface area contributed by atoms with E-state index in [0.717, 1.165) is 23.1 Å². The first kappa shape index (κ1) is 13.4. The SMILES string of the molecule is Cc1csc2nc(Cl)c(CNC3CCCCC3C)n12. The van der Waals surface area contributed by atoms with Crippen LogP contribution in [0.4, 0.5) is 0 Å². The van der Waals surface area contributed by atoms with Gasteiger partial charge in [-0.15, -0.1) is 11.3 Å². The van der Waals surface area contributed by atoms with Gasteiger partial charge in [-0.3, -0.25) is 4.40 Å². The van der Waals surface area contributed by atoms with Crippen molar-refractivity contribution in [3.8, 4) is 0 Å². The molecule has 2 unspecified atom stereocenters. The van der Waals surface area contributed by atoms with E-state index in [1.165, 1.54) is 31.4 Å². The summed E-state index contributed by atoms with van der Waals surface area (Å²) in [6.07, 6.45) is 5.34. The molecule has 2 aromatic heterocycles. The first-order chi connectivity index (χ1) is 9.16. The summed E-state index contributed by atoms with van der Waals surface area (Å²) in [6, 6.07) is 0.620. The van der Waals surface area contributed by atoms with Gasteiger partial charge in [0.2, 0.25) is 0 Å². The minimum atomic E-state index is 0.620. The van der Waals surface area contributed by atoms with Crippen LogP contribution in [0.3, 0.4) is 0 Å². The van der Waals surface area contributed by atoms with Crippen LogP contribution < -0.4 is 5.32 Å². The summed E-state index contributed by atoms with van der Waals surface area (Å²) in [5.41, 5.74) is 2.32. The molecule has 2 atom stereocenters. The molecule has 0 amide bonds. The van der Waals surface area contributed by atoms with Crippen LogP contribution >= 0.6 is 22.9 Å². The second-order valence-corrected chi connectivity index (χ2v) is 6.79. The van der Waals surface area contributed by atoms with E-state index in [0.29, 0.717) is 11.2 Å². The molecule has 0 spiro atoms. The van der Waals surface area contributed by atoms with Crippen molar-refractivity contribution in [2.75, 3.05) is 0 Å². The van der Waals surface area contributed by atoms with Crippen LogP contribution in [0.5, 0.6) is 0 Å². The number of halogens is 1. The molecule has 5 heteroatoms. The molecule has 3 rings (SSSR count). The summed E-state index contributed by atoms with van der Waals surface area (Å²) < 4.78 is 2.17. The lowest BCUT2D eigenvalue weighted by Crippen LogP contribution is -2.37. The fourth-order valence-corrected chi connectivity index (χ4v) is 4.21. The molecular weight excluding hydrogens is 278 g/mol. The summed E-state index contributed by atoms with van der Waals surface area (Å²) >= 11 is 7.92. The van der Waals surface area contributed by atoms with Gasteiger partial charge in [-0.2, -0.15) is 0 Å². The predicted octanol–water partition coefficient (Wildman–Crippen LogP) is 4.03. The zero-order valence-corrected chi connectivity index (χ0v) is 13.0. The molecule has 0 aromatic carbocycles. The Labute approximate surface area is 123 Å². The molecule has 0 bridgehead atoms. The number of thiazole rings is 1. The Morgan fingerprint density at radius 3 is 3.05 bits per heavy atom. The van der Waals surface area contributed by atoms with Crippen LogP contribution in [-0.4, -0.2) is 15.4 Å². The van der Waals surface area contributed by atoms with E-state index >= 15 is 0 Å². The van der Waals surface area contributed by atoms with Crippen molar-refractivity contribution in [3.63, 3.8) is 0 Å². The Balaban J connectivity index is 1.77. The van der Waals surface area contributed by atoms with Crippen molar-refractivity contribution in [1.82, 2.24) is 14.7 Å². The van der Waals surface area contributed by atoms with E-state index in [2.05, 4.69) is 33.9 Å². The average molecular weight is 298 g/mol. The molecule has 1 N–H and O–H groups in total. The third-order valence-electron chi connectivity index (χ3n) is 4.22. The minimum absolute atomic E-state index is 0.620. The lowest BCUT2D eigenvalue weighted by molar-refractivity contribution is 0.278. The van der Waals surface area contributed by atoms with Crippen molar-refractivity contribution < 1.29 is 0 Å². The molecule has 1 aliphatic rings. The van der Waals surface area contributed by atoms with Crippen molar-refractivity contribution in [2.45, 2.75) is 52.1 Å². The smallest absolute Gasteiger partial charge is 0.195 e. The van der Waals surface area contributed by atoms with Gasteiger partial charge in [-0.1, -0.05) is 31.4 Å². The largest absolute Gasteiger partial charge is 0.308 e. The summed E-state index contributed by atoms with van der Waals surface area (Å²) in [4.78, 5) is 5.42. The fourth-order valence-electron chi connectivity index (χ4n) is 3.04. The van der Waals surface area contributed by atoms with Crippen LogP contribution in [0.15, 0.2) is 5.38 Å². The minimum Gasteiger partial charge on any atom is -0.308 e. The Kier molecular flexibility index (Phi) is 3.83.